The molecule has 96 valence electrons. The van der Waals surface area contributed by atoms with Crippen LogP contribution in [0.4, 0.5) is 4.39 Å². The highest BCUT2D eigenvalue weighted by Crippen LogP contribution is 2.35. The van der Waals surface area contributed by atoms with Gasteiger partial charge in [0.1, 0.15) is 5.82 Å². The van der Waals surface area contributed by atoms with Crippen molar-refractivity contribution in [3.05, 3.63) is 59.2 Å². The van der Waals surface area contributed by atoms with E-state index in [2.05, 4.69) is 11.4 Å². The Bertz CT molecular complexity index is 700. The highest BCUT2D eigenvalue weighted by molar-refractivity contribution is 7.18. The largest absolute Gasteiger partial charge is 0.396 e. The van der Waals surface area contributed by atoms with E-state index in [0.29, 0.717) is 6.42 Å². The van der Waals surface area contributed by atoms with Crippen LogP contribution in [0.2, 0.25) is 0 Å². The highest BCUT2D eigenvalue weighted by atomic mass is 32.1. The van der Waals surface area contributed by atoms with Gasteiger partial charge >= 0.3 is 0 Å². The van der Waals surface area contributed by atoms with Crippen LogP contribution in [0.25, 0.3) is 21.2 Å². The fourth-order valence-electron chi connectivity index (χ4n) is 2.29. The van der Waals surface area contributed by atoms with Crippen molar-refractivity contribution in [1.82, 2.24) is 0 Å². The van der Waals surface area contributed by atoms with Gasteiger partial charge in [-0.2, -0.15) is 0 Å². The van der Waals surface area contributed by atoms with E-state index < -0.39 is 0 Å². The number of aliphatic hydroxyl groups excluding tert-OH is 1. The molecule has 2 aromatic carbocycles. The monoisotopic (exact) mass is 272 g/mol. The lowest BCUT2D eigenvalue weighted by molar-refractivity contribution is 0.300. The van der Waals surface area contributed by atoms with Crippen molar-refractivity contribution < 1.29 is 9.50 Å². The van der Waals surface area contributed by atoms with Gasteiger partial charge in [-0.3, -0.25) is 0 Å². The van der Waals surface area contributed by atoms with Gasteiger partial charge in [-0.1, -0.05) is 30.3 Å². The van der Waals surface area contributed by atoms with Crippen LogP contribution in [0.1, 0.15) is 5.56 Å². The Kier molecular flexibility index (Phi) is 3.32. The van der Waals surface area contributed by atoms with Crippen molar-refractivity contribution in [2.24, 2.45) is 0 Å². The molecule has 0 atom stereocenters. The molecule has 0 aliphatic rings. The summed E-state index contributed by atoms with van der Waals surface area (Å²) in [5.74, 6) is -0.218. The van der Waals surface area contributed by atoms with Crippen LogP contribution in [0.3, 0.4) is 0 Å². The molecule has 0 spiro atoms. The lowest BCUT2D eigenvalue weighted by Gasteiger charge is -2.03. The average molecular weight is 272 g/mol. The van der Waals surface area contributed by atoms with E-state index >= 15 is 0 Å². The molecule has 0 bridgehead atoms. The second kappa shape index (κ2) is 5.11. The molecular weight excluding hydrogens is 259 g/mol. The number of aliphatic hydroxyl groups is 1. The molecule has 0 radical (unpaired) electrons. The molecule has 1 nitrogen and oxygen atoms in total. The molecule has 0 fully saturated rings. The van der Waals surface area contributed by atoms with E-state index in [0.717, 1.165) is 11.1 Å². The second-order valence-electron chi connectivity index (χ2n) is 4.42. The molecule has 1 heterocycles. The first-order chi connectivity index (χ1) is 9.29. The molecule has 19 heavy (non-hydrogen) atoms. The first-order valence-electron chi connectivity index (χ1n) is 6.15. The van der Waals surface area contributed by atoms with Crippen molar-refractivity contribution in [3.8, 4) is 11.1 Å². The van der Waals surface area contributed by atoms with Crippen molar-refractivity contribution >= 4 is 21.4 Å². The zero-order valence-corrected chi connectivity index (χ0v) is 11.1. The summed E-state index contributed by atoms with van der Waals surface area (Å²) < 4.78 is 14.2. The average Bonchev–Trinajstić information content (AvgIpc) is 2.85. The zero-order valence-electron chi connectivity index (χ0n) is 10.3. The first kappa shape index (κ1) is 12.3. The molecule has 3 rings (SSSR count). The SMILES string of the molecule is OCCc1cccc2c(-c3ccc(F)cc3)csc12. The van der Waals surface area contributed by atoms with Crippen molar-refractivity contribution in [3.63, 3.8) is 0 Å². The number of halogens is 1. The fraction of sp³-hybridized carbons (Fsp3) is 0.125. The number of hydrogen-bond donors (Lipinski definition) is 1. The van der Waals surface area contributed by atoms with E-state index in [4.69, 9.17) is 5.11 Å². The predicted molar refractivity (Wildman–Crippen MR) is 78.0 cm³/mol. The molecule has 0 amide bonds. The Morgan fingerprint density at radius 3 is 2.58 bits per heavy atom. The van der Waals surface area contributed by atoms with E-state index in [1.807, 2.05) is 12.1 Å². The van der Waals surface area contributed by atoms with E-state index in [1.165, 1.54) is 27.8 Å². The second-order valence-corrected chi connectivity index (χ2v) is 5.30. The van der Waals surface area contributed by atoms with Crippen LogP contribution in [0, 0.1) is 5.82 Å². The first-order valence-corrected chi connectivity index (χ1v) is 7.03. The third-order valence-electron chi connectivity index (χ3n) is 3.22. The summed E-state index contributed by atoms with van der Waals surface area (Å²) in [7, 11) is 0. The van der Waals surface area contributed by atoms with E-state index in [-0.39, 0.29) is 12.4 Å². The Morgan fingerprint density at radius 1 is 1.05 bits per heavy atom. The summed E-state index contributed by atoms with van der Waals surface area (Å²) in [5, 5.41) is 12.4. The zero-order chi connectivity index (χ0) is 13.2. The van der Waals surface area contributed by atoms with Gasteiger partial charge < -0.3 is 5.11 Å². The van der Waals surface area contributed by atoms with Crippen LogP contribution in [-0.4, -0.2) is 11.7 Å². The molecule has 0 aliphatic heterocycles. The van der Waals surface area contributed by atoms with Gasteiger partial charge in [0, 0.05) is 22.3 Å². The van der Waals surface area contributed by atoms with Crippen LogP contribution < -0.4 is 0 Å². The Morgan fingerprint density at radius 2 is 1.84 bits per heavy atom. The van der Waals surface area contributed by atoms with Gasteiger partial charge in [0.05, 0.1) is 0 Å². The number of hydrogen-bond acceptors (Lipinski definition) is 2. The topological polar surface area (TPSA) is 20.2 Å². The minimum Gasteiger partial charge on any atom is -0.396 e. The molecule has 3 heteroatoms. The minimum atomic E-state index is -0.218. The van der Waals surface area contributed by atoms with Gasteiger partial charge in [0.15, 0.2) is 0 Å². The maximum Gasteiger partial charge on any atom is 0.123 e. The maximum atomic E-state index is 13.0. The van der Waals surface area contributed by atoms with Gasteiger partial charge in [-0.05, 0) is 35.1 Å². The summed E-state index contributed by atoms with van der Waals surface area (Å²) in [4.78, 5) is 0. The Hall–Kier alpha value is -1.71. The third-order valence-corrected chi connectivity index (χ3v) is 4.29. The van der Waals surface area contributed by atoms with Crippen LogP contribution in [-0.2, 0) is 6.42 Å². The highest BCUT2D eigenvalue weighted by Gasteiger charge is 2.09. The van der Waals surface area contributed by atoms with Crippen molar-refractivity contribution in [2.75, 3.05) is 6.61 Å². The van der Waals surface area contributed by atoms with Gasteiger partial charge in [-0.15, -0.1) is 11.3 Å². The van der Waals surface area contributed by atoms with Gasteiger partial charge in [0.2, 0.25) is 0 Å². The van der Waals surface area contributed by atoms with Gasteiger partial charge in [0.25, 0.3) is 0 Å². The third kappa shape index (κ3) is 2.27. The summed E-state index contributed by atoms with van der Waals surface area (Å²) in [6.07, 6.45) is 0.667. The quantitative estimate of drug-likeness (QED) is 0.756. The standard InChI is InChI=1S/C16H13FOS/c17-13-6-4-11(5-7-13)15-10-19-16-12(8-9-18)2-1-3-14(15)16/h1-7,10,18H,8-9H2. The van der Waals surface area contributed by atoms with Gasteiger partial charge in [-0.25, -0.2) is 4.39 Å². The Balaban J connectivity index is 2.15. The number of benzene rings is 2. The molecule has 0 unspecified atom stereocenters. The molecule has 3 aromatic rings. The lowest BCUT2D eigenvalue weighted by Crippen LogP contribution is -1.89. The van der Waals surface area contributed by atoms with Crippen LogP contribution in [0.15, 0.2) is 47.8 Å². The summed E-state index contributed by atoms with van der Waals surface area (Å²) in [6.45, 7) is 0.156. The number of rotatable bonds is 3. The molecular formula is C16H13FOS. The normalized spacial score (nSPS) is 11.1. The predicted octanol–water partition coefficient (Wildman–Crippen LogP) is 4.24. The summed E-state index contributed by atoms with van der Waals surface area (Å²) in [5.41, 5.74) is 3.31. The van der Waals surface area contributed by atoms with E-state index in [1.54, 1.807) is 23.5 Å². The molecule has 0 saturated carbocycles. The summed E-state index contributed by atoms with van der Waals surface area (Å²) >= 11 is 1.67. The van der Waals surface area contributed by atoms with Crippen molar-refractivity contribution in [2.45, 2.75) is 6.42 Å². The molecule has 0 aliphatic carbocycles. The van der Waals surface area contributed by atoms with Crippen LogP contribution >= 0.6 is 11.3 Å². The summed E-state index contributed by atoms with van der Waals surface area (Å²) in [6, 6.07) is 12.7. The number of thiophene rings is 1. The molecule has 1 N–H and O–H groups in total. The molecule has 0 saturated heterocycles. The fourth-order valence-corrected chi connectivity index (χ4v) is 3.41. The van der Waals surface area contributed by atoms with E-state index in [9.17, 15) is 4.39 Å². The van der Waals surface area contributed by atoms with Crippen LogP contribution in [0.5, 0.6) is 0 Å². The Labute approximate surface area is 115 Å². The maximum absolute atomic E-state index is 13.0. The van der Waals surface area contributed by atoms with Crippen molar-refractivity contribution in [1.29, 1.82) is 0 Å². The number of fused-ring (bicyclic) bond motifs is 1. The minimum absolute atomic E-state index is 0.156. The smallest absolute Gasteiger partial charge is 0.123 e. The molecule has 1 aromatic heterocycles. The lowest BCUT2D eigenvalue weighted by atomic mass is 10.0.